The molecule has 2 atom stereocenters. The minimum Gasteiger partial charge on any atom is -0.478 e. The summed E-state index contributed by atoms with van der Waals surface area (Å²) >= 11 is 0. The van der Waals surface area contributed by atoms with Crippen LogP contribution >= 0.6 is 0 Å². The average Bonchev–Trinajstić information content (AvgIpc) is 2.92. The molecule has 23 heavy (non-hydrogen) atoms. The molecule has 1 saturated heterocycles. The highest BCUT2D eigenvalue weighted by Gasteiger charge is 2.36. The predicted molar refractivity (Wildman–Crippen MR) is 80.6 cm³/mol. The second-order valence-corrected chi connectivity index (χ2v) is 5.33. The number of carboxylic acid groups (broad SMARTS) is 1. The van der Waals surface area contributed by atoms with Gasteiger partial charge in [-0.25, -0.2) is 13.6 Å². The summed E-state index contributed by atoms with van der Waals surface area (Å²) < 4.78 is 26.6. The molecule has 0 saturated carbocycles. The normalized spacial score (nSPS) is 20.9. The summed E-state index contributed by atoms with van der Waals surface area (Å²) in [6.07, 6.45) is 5.09. The molecule has 1 aliphatic rings. The van der Waals surface area contributed by atoms with Crippen molar-refractivity contribution >= 4 is 11.9 Å². The number of hydrogen-bond acceptors (Lipinski definition) is 2. The molecule has 0 aromatic heterocycles. The predicted octanol–water partition coefficient (Wildman–Crippen LogP) is 3.21. The van der Waals surface area contributed by atoms with Gasteiger partial charge in [-0.05, 0) is 30.5 Å². The molecular formula is C17H17F2NO3. The van der Waals surface area contributed by atoms with Crippen molar-refractivity contribution in [1.82, 2.24) is 4.90 Å². The fraction of sp³-hybridized carbons (Fsp3) is 0.294. The molecule has 1 aromatic carbocycles. The van der Waals surface area contributed by atoms with Crippen molar-refractivity contribution < 1.29 is 23.5 Å². The summed E-state index contributed by atoms with van der Waals surface area (Å²) in [6, 6.07) is 2.75. The van der Waals surface area contributed by atoms with Crippen LogP contribution in [0.25, 0.3) is 0 Å². The summed E-state index contributed by atoms with van der Waals surface area (Å²) in [7, 11) is 0. The number of carboxylic acids is 1. The lowest BCUT2D eigenvalue weighted by Gasteiger charge is -2.29. The maximum atomic E-state index is 13.5. The van der Waals surface area contributed by atoms with Crippen molar-refractivity contribution in [2.24, 2.45) is 0 Å². The van der Waals surface area contributed by atoms with E-state index in [2.05, 4.69) is 6.58 Å². The van der Waals surface area contributed by atoms with E-state index in [1.807, 2.05) is 0 Å². The standard InChI is InChI=1S/C17H17F2NO3/c1-2-3-16(21)20-12(6-9-17(22)23)5-8-15(20)11-4-7-13(18)14(19)10-11/h2,4,6-7,9-10,12,15H,1,3,5,8H2,(H,22,23)/t12-,15+/m1/s1. The Morgan fingerprint density at radius 2 is 2.04 bits per heavy atom. The largest absolute Gasteiger partial charge is 0.478 e. The number of amides is 1. The van der Waals surface area contributed by atoms with E-state index in [1.54, 1.807) is 0 Å². The number of carbonyl (C=O) groups is 2. The third-order valence-corrected chi connectivity index (χ3v) is 3.83. The van der Waals surface area contributed by atoms with Crippen LogP contribution in [0.15, 0.2) is 43.0 Å². The number of rotatable bonds is 5. The van der Waals surface area contributed by atoms with Crippen LogP contribution in [-0.4, -0.2) is 27.9 Å². The Morgan fingerprint density at radius 1 is 1.30 bits per heavy atom. The van der Waals surface area contributed by atoms with E-state index in [1.165, 1.54) is 23.1 Å². The second-order valence-electron chi connectivity index (χ2n) is 5.33. The maximum absolute atomic E-state index is 13.5. The Morgan fingerprint density at radius 3 is 2.65 bits per heavy atom. The van der Waals surface area contributed by atoms with E-state index in [0.29, 0.717) is 18.4 Å². The quantitative estimate of drug-likeness (QED) is 0.669. The smallest absolute Gasteiger partial charge is 0.328 e. The number of carbonyl (C=O) groups excluding carboxylic acids is 1. The Labute approximate surface area is 132 Å². The number of hydrogen-bond donors (Lipinski definition) is 1. The van der Waals surface area contributed by atoms with E-state index in [4.69, 9.17) is 5.11 Å². The van der Waals surface area contributed by atoms with Gasteiger partial charge in [0, 0.05) is 12.5 Å². The van der Waals surface area contributed by atoms with Gasteiger partial charge in [0.05, 0.1) is 12.1 Å². The Bertz CT molecular complexity index is 657. The van der Waals surface area contributed by atoms with Crippen LogP contribution in [0, 0.1) is 11.6 Å². The molecule has 1 amide bonds. The number of benzene rings is 1. The SMILES string of the molecule is C=CCC(=O)N1[C@@H](C=CC(=O)O)CC[C@H]1c1ccc(F)c(F)c1. The third kappa shape index (κ3) is 3.83. The van der Waals surface area contributed by atoms with Gasteiger partial charge in [-0.1, -0.05) is 18.2 Å². The summed E-state index contributed by atoms with van der Waals surface area (Å²) in [5.74, 6) is -3.24. The zero-order chi connectivity index (χ0) is 17.0. The fourth-order valence-electron chi connectivity index (χ4n) is 2.85. The van der Waals surface area contributed by atoms with E-state index >= 15 is 0 Å². The molecular weight excluding hydrogens is 304 g/mol. The van der Waals surface area contributed by atoms with Crippen LogP contribution in [0.5, 0.6) is 0 Å². The van der Waals surface area contributed by atoms with E-state index < -0.39 is 29.7 Å². The van der Waals surface area contributed by atoms with Gasteiger partial charge in [0.1, 0.15) is 0 Å². The van der Waals surface area contributed by atoms with Crippen LogP contribution in [0.4, 0.5) is 8.78 Å². The molecule has 2 rings (SSSR count). The van der Waals surface area contributed by atoms with Crippen molar-refractivity contribution in [3.05, 3.63) is 60.2 Å². The molecule has 1 aliphatic heterocycles. The zero-order valence-corrected chi connectivity index (χ0v) is 12.4. The molecule has 0 aliphatic carbocycles. The number of halogens is 2. The molecule has 4 nitrogen and oxygen atoms in total. The Kier molecular flexibility index (Phi) is 5.26. The summed E-state index contributed by atoms with van der Waals surface area (Å²) in [5.41, 5.74) is 0.493. The van der Waals surface area contributed by atoms with E-state index in [0.717, 1.165) is 18.2 Å². The van der Waals surface area contributed by atoms with Crippen LogP contribution in [0.1, 0.15) is 30.9 Å². The summed E-state index contributed by atoms with van der Waals surface area (Å²) in [4.78, 5) is 24.6. The first-order valence-electron chi connectivity index (χ1n) is 7.22. The van der Waals surface area contributed by atoms with Gasteiger partial charge in [-0.2, -0.15) is 0 Å². The lowest BCUT2D eigenvalue weighted by atomic mass is 10.0. The number of nitrogens with zero attached hydrogens (tertiary/aromatic N) is 1. The minimum atomic E-state index is -1.10. The summed E-state index contributed by atoms with van der Waals surface area (Å²) in [5, 5.41) is 8.75. The number of aliphatic carboxylic acids is 1. The zero-order valence-electron chi connectivity index (χ0n) is 12.4. The van der Waals surface area contributed by atoms with Crippen LogP contribution in [0.2, 0.25) is 0 Å². The minimum absolute atomic E-state index is 0.0948. The van der Waals surface area contributed by atoms with Crippen molar-refractivity contribution in [1.29, 1.82) is 0 Å². The molecule has 0 radical (unpaired) electrons. The van der Waals surface area contributed by atoms with Crippen molar-refractivity contribution in [2.45, 2.75) is 31.3 Å². The average molecular weight is 321 g/mol. The van der Waals surface area contributed by atoms with Gasteiger partial charge >= 0.3 is 5.97 Å². The third-order valence-electron chi connectivity index (χ3n) is 3.83. The number of likely N-dealkylation sites (tertiary alicyclic amines) is 1. The fourth-order valence-corrected chi connectivity index (χ4v) is 2.85. The molecule has 0 bridgehead atoms. The van der Waals surface area contributed by atoms with Gasteiger partial charge in [0.2, 0.25) is 5.91 Å². The molecule has 1 N–H and O–H groups in total. The van der Waals surface area contributed by atoms with E-state index in [9.17, 15) is 18.4 Å². The molecule has 1 aromatic rings. The first-order valence-corrected chi connectivity index (χ1v) is 7.22. The van der Waals surface area contributed by atoms with Gasteiger partial charge < -0.3 is 10.0 Å². The lowest BCUT2D eigenvalue weighted by Crippen LogP contribution is -2.36. The highest BCUT2D eigenvalue weighted by Crippen LogP contribution is 2.37. The first kappa shape index (κ1) is 16.9. The molecule has 122 valence electrons. The van der Waals surface area contributed by atoms with Gasteiger partial charge in [0.15, 0.2) is 11.6 Å². The topological polar surface area (TPSA) is 57.6 Å². The maximum Gasteiger partial charge on any atom is 0.328 e. The van der Waals surface area contributed by atoms with Gasteiger partial charge in [0.25, 0.3) is 0 Å². The second kappa shape index (κ2) is 7.17. The molecule has 1 fully saturated rings. The monoisotopic (exact) mass is 321 g/mol. The van der Waals surface area contributed by atoms with E-state index in [-0.39, 0.29) is 12.3 Å². The van der Waals surface area contributed by atoms with Gasteiger partial charge in [-0.15, -0.1) is 6.58 Å². The first-order chi connectivity index (χ1) is 10.9. The Hall–Kier alpha value is -2.50. The molecule has 0 unspecified atom stereocenters. The highest BCUT2D eigenvalue weighted by molar-refractivity contribution is 5.81. The lowest BCUT2D eigenvalue weighted by molar-refractivity contribution is -0.133. The molecule has 1 heterocycles. The van der Waals surface area contributed by atoms with Crippen molar-refractivity contribution in [2.75, 3.05) is 0 Å². The van der Waals surface area contributed by atoms with Crippen LogP contribution in [0.3, 0.4) is 0 Å². The van der Waals surface area contributed by atoms with Crippen molar-refractivity contribution in [3.8, 4) is 0 Å². The van der Waals surface area contributed by atoms with Gasteiger partial charge in [-0.3, -0.25) is 4.79 Å². The highest BCUT2D eigenvalue weighted by atomic mass is 19.2. The van der Waals surface area contributed by atoms with Crippen LogP contribution < -0.4 is 0 Å². The summed E-state index contributed by atoms with van der Waals surface area (Å²) in [6.45, 7) is 3.53. The van der Waals surface area contributed by atoms with Crippen molar-refractivity contribution in [3.63, 3.8) is 0 Å². The molecule has 6 heteroatoms. The molecule has 0 spiro atoms. The van der Waals surface area contributed by atoms with Crippen LogP contribution in [-0.2, 0) is 9.59 Å². The Balaban J connectivity index is 2.33.